The van der Waals surface area contributed by atoms with Gasteiger partial charge in [-0.15, -0.1) is 0 Å². The van der Waals surface area contributed by atoms with Crippen molar-refractivity contribution in [2.24, 2.45) is 0 Å². The van der Waals surface area contributed by atoms with Gasteiger partial charge in [0.1, 0.15) is 0 Å². The van der Waals surface area contributed by atoms with E-state index in [0.29, 0.717) is 18.5 Å². The van der Waals surface area contributed by atoms with Crippen LogP contribution in [0.4, 0.5) is 0 Å². The fourth-order valence-corrected chi connectivity index (χ4v) is 2.40. The number of nitrogens with zero attached hydrogens (tertiary/aromatic N) is 4. The zero-order valence-corrected chi connectivity index (χ0v) is 12.8. The van der Waals surface area contributed by atoms with Gasteiger partial charge in [-0.2, -0.15) is 4.98 Å². The maximum absolute atomic E-state index is 11.4. The molecule has 0 aliphatic carbocycles. The Bertz CT molecular complexity index is 458. The largest absolute Gasteiger partial charge is 0.379 e. The number of hydrogen-bond acceptors (Lipinski definition) is 7. The van der Waals surface area contributed by atoms with Crippen LogP contribution in [0, 0.1) is 0 Å². The van der Waals surface area contributed by atoms with E-state index in [1.807, 2.05) is 7.05 Å². The Balaban J connectivity index is 1.81. The van der Waals surface area contributed by atoms with E-state index in [1.54, 1.807) is 0 Å². The van der Waals surface area contributed by atoms with Gasteiger partial charge in [-0.3, -0.25) is 14.6 Å². The van der Waals surface area contributed by atoms with Crippen molar-refractivity contribution in [1.29, 1.82) is 0 Å². The van der Waals surface area contributed by atoms with Gasteiger partial charge in [-0.1, -0.05) is 5.16 Å². The third-order valence-corrected chi connectivity index (χ3v) is 3.55. The van der Waals surface area contributed by atoms with E-state index in [0.717, 1.165) is 32.8 Å². The lowest BCUT2D eigenvalue weighted by molar-refractivity contribution is 0.0132. The lowest BCUT2D eigenvalue weighted by atomic mass is 10.2. The van der Waals surface area contributed by atoms with Gasteiger partial charge in [0.2, 0.25) is 5.89 Å². The quantitative estimate of drug-likeness (QED) is 0.763. The third kappa shape index (κ3) is 4.48. The van der Waals surface area contributed by atoms with E-state index < -0.39 is 0 Å². The summed E-state index contributed by atoms with van der Waals surface area (Å²) in [6.07, 6.45) is 0. The number of carbonyl (C=O) groups excluding carboxylic acids is 1. The summed E-state index contributed by atoms with van der Waals surface area (Å²) in [5.41, 5.74) is 0. The molecule has 0 unspecified atom stereocenters. The van der Waals surface area contributed by atoms with Crippen molar-refractivity contribution in [1.82, 2.24) is 25.3 Å². The topological polar surface area (TPSA) is 83.7 Å². The van der Waals surface area contributed by atoms with Crippen LogP contribution in [-0.2, 0) is 11.3 Å². The van der Waals surface area contributed by atoms with Gasteiger partial charge >= 0.3 is 0 Å². The van der Waals surface area contributed by atoms with Crippen LogP contribution in [0.15, 0.2) is 4.52 Å². The van der Waals surface area contributed by atoms with Crippen LogP contribution < -0.4 is 5.32 Å². The number of hydrogen-bond donors (Lipinski definition) is 1. The van der Waals surface area contributed by atoms with Gasteiger partial charge in [-0.25, -0.2) is 0 Å². The fourth-order valence-electron chi connectivity index (χ4n) is 2.40. The molecule has 21 heavy (non-hydrogen) atoms. The molecule has 8 heteroatoms. The van der Waals surface area contributed by atoms with Crippen molar-refractivity contribution in [3.63, 3.8) is 0 Å². The Hall–Kier alpha value is -1.51. The van der Waals surface area contributed by atoms with Crippen LogP contribution in [0.1, 0.15) is 23.4 Å². The summed E-state index contributed by atoms with van der Waals surface area (Å²) in [5.74, 6) is 0.182. The molecular formula is C13H23N5O3. The van der Waals surface area contributed by atoms with Crippen LogP contribution >= 0.6 is 0 Å². The first-order valence-electron chi connectivity index (χ1n) is 7.15. The van der Waals surface area contributed by atoms with Crippen molar-refractivity contribution in [2.75, 3.05) is 46.9 Å². The second kappa shape index (κ2) is 7.48. The Morgan fingerprint density at radius 1 is 1.48 bits per heavy atom. The van der Waals surface area contributed by atoms with Crippen molar-refractivity contribution in [3.8, 4) is 0 Å². The molecule has 0 radical (unpaired) electrons. The van der Waals surface area contributed by atoms with Crippen molar-refractivity contribution < 1.29 is 14.1 Å². The van der Waals surface area contributed by atoms with E-state index in [1.165, 1.54) is 7.05 Å². The number of morpholine rings is 1. The monoisotopic (exact) mass is 297 g/mol. The summed E-state index contributed by atoms with van der Waals surface area (Å²) < 4.78 is 10.4. The molecule has 8 nitrogen and oxygen atoms in total. The first-order valence-corrected chi connectivity index (χ1v) is 7.15. The van der Waals surface area contributed by atoms with E-state index in [2.05, 4.69) is 32.2 Å². The average molecular weight is 297 g/mol. The Kier molecular flexibility index (Phi) is 5.66. The molecule has 1 aromatic rings. The minimum atomic E-state index is -0.339. The molecule has 1 saturated heterocycles. The molecule has 0 spiro atoms. The van der Waals surface area contributed by atoms with E-state index in [-0.39, 0.29) is 11.7 Å². The summed E-state index contributed by atoms with van der Waals surface area (Å²) >= 11 is 0. The SMILES string of the molecule is CNC(=O)c1noc(CN(C)C[C@H](C)N2CCOCC2)n1. The molecule has 1 N–H and O–H groups in total. The number of likely N-dealkylation sites (N-methyl/N-ethyl adjacent to an activating group) is 1. The highest BCUT2D eigenvalue weighted by Gasteiger charge is 2.20. The Morgan fingerprint density at radius 2 is 2.19 bits per heavy atom. The van der Waals surface area contributed by atoms with Crippen LogP contribution in [0.3, 0.4) is 0 Å². The van der Waals surface area contributed by atoms with Gasteiger partial charge < -0.3 is 14.6 Å². The summed E-state index contributed by atoms with van der Waals surface area (Å²) in [6, 6.07) is 0.431. The zero-order valence-electron chi connectivity index (χ0n) is 12.8. The number of ether oxygens (including phenoxy) is 1. The maximum atomic E-state index is 11.4. The molecule has 2 rings (SSSR count). The number of amides is 1. The lowest BCUT2D eigenvalue weighted by Crippen LogP contribution is -2.46. The van der Waals surface area contributed by atoms with Crippen LogP contribution in [0.5, 0.6) is 0 Å². The molecule has 1 aliphatic heterocycles. The Labute approximate surface area is 124 Å². The van der Waals surface area contributed by atoms with Crippen molar-refractivity contribution >= 4 is 5.91 Å². The van der Waals surface area contributed by atoms with E-state index in [9.17, 15) is 4.79 Å². The van der Waals surface area contributed by atoms with Crippen LogP contribution in [0.25, 0.3) is 0 Å². The van der Waals surface area contributed by atoms with Crippen molar-refractivity contribution in [3.05, 3.63) is 11.7 Å². The molecule has 1 atom stereocenters. The number of carbonyl (C=O) groups is 1. The summed E-state index contributed by atoms with van der Waals surface area (Å²) in [4.78, 5) is 20.0. The summed E-state index contributed by atoms with van der Waals surface area (Å²) in [6.45, 7) is 7.15. The molecule has 0 bridgehead atoms. The highest BCUT2D eigenvalue weighted by atomic mass is 16.5. The summed E-state index contributed by atoms with van der Waals surface area (Å²) in [7, 11) is 3.54. The van der Waals surface area contributed by atoms with E-state index >= 15 is 0 Å². The van der Waals surface area contributed by atoms with Gasteiger partial charge in [-0.05, 0) is 14.0 Å². The minimum absolute atomic E-state index is 0.0714. The molecule has 118 valence electrons. The average Bonchev–Trinajstić information content (AvgIpc) is 2.95. The molecule has 0 aromatic carbocycles. The highest BCUT2D eigenvalue weighted by molar-refractivity contribution is 5.89. The first-order chi connectivity index (χ1) is 10.1. The number of rotatable bonds is 6. The Morgan fingerprint density at radius 3 is 2.86 bits per heavy atom. The minimum Gasteiger partial charge on any atom is -0.379 e. The molecule has 2 heterocycles. The fraction of sp³-hybridized carbons (Fsp3) is 0.769. The highest BCUT2D eigenvalue weighted by Crippen LogP contribution is 2.07. The summed E-state index contributed by atoms with van der Waals surface area (Å²) in [5, 5.41) is 6.12. The molecule has 1 aliphatic rings. The second-order valence-electron chi connectivity index (χ2n) is 5.28. The normalized spacial score (nSPS) is 17.9. The van der Waals surface area contributed by atoms with Gasteiger partial charge in [0.15, 0.2) is 0 Å². The second-order valence-corrected chi connectivity index (χ2v) is 5.28. The molecule has 1 amide bonds. The molecule has 1 aromatic heterocycles. The third-order valence-electron chi connectivity index (χ3n) is 3.55. The lowest BCUT2D eigenvalue weighted by Gasteiger charge is -2.34. The van der Waals surface area contributed by atoms with Gasteiger partial charge in [0.25, 0.3) is 11.7 Å². The molecule has 0 saturated carbocycles. The number of nitrogens with one attached hydrogen (secondary N) is 1. The van der Waals surface area contributed by atoms with Crippen LogP contribution in [-0.4, -0.2) is 78.8 Å². The zero-order chi connectivity index (χ0) is 15.2. The van der Waals surface area contributed by atoms with Gasteiger partial charge in [0, 0.05) is 32.7 Å². The van der Waals surface area contributed by atoms with Crippen molar-refractivity contribution in [2.45, 2.75) is 19.5 Å². The van der Waals surface area contributed by atoms with Gasteiger partial charge in [0.05, 0.1) is 19.8 Å². The molecule has 1 fully saturated rings. The predicted molar refractivity (Wildman–Crippen MR) is 75.9 cm³/mol. The van der Waals surface area contributed by atoms with E-state index in [4.69, 9.17) is 9.26 Å². The van der Waals surface area contributed by atoms with Crippen LogP contribution in [0.2, 0.25) is 0 Å². The molecular weight excluding hydrogens is 274 g/mol. The smallest absolute Gasteiger partial charge is 0.292 e. The standard InChI is InChI=1S/C13H23N5O3/c1-10(18-4-6-20-7-5-18)8-17(3)9-11-15-12(16-21-11)13(19)14-2/h10H,4-9H2,1-3H3,(H,14,19)/t10-/m0/s1. The predicted octanol–water partition coefficient (Wildman–Crippen LogP) is -0.418. The number of aromatic nitrogens is 2. The maximum Gasteiger partial charge on any atom is 0.292 e. The first kappa shape index (κ1) is 15.9.